The Kier molecular flexibility index (Phi) is 3.84. The molecule has 1 heterocycles. The van der Waals surface area contributed by atoms with Crippen LogP contribution in [0.2, 0.25) is 0 Å². The van der Waals surface area contributed by atoms with Crippen molar-refractivity contribution >= 4 is 11.3 Å². The molecule has 74 valence electrons. The van der Waals surface area contributed by atoms with Gasteiger partial charge in [-0.3, -0.25) is 4.98 Å². The Morgan fingerprint density at radius 1 is 1.62 bits per heavy atom. The van der Waals surface area contributed by atoms with Crippen molar-refractivity contribution in [2.24, 2.45) is 0 Å². The Labute approximate surface area is 82.8 Å². The lowest BCUT2D eigenvalue weighted by Crippen LogP contribution is -2.26. The molecule has 1 aromatic rings. The smallest absolute Gasteiger partial charge is 0.0794 e. The van der Waals surface area contributed by atoms with E-state index in [1.807, 2.05) is 25.6 Å². The summed E-state index contributed by atoms with van der Waals surface area (Å²) in [5.74, 6) is 0. The predicted octanol–water partition coefficient (Wildman–Crippen LogP) is 1.39. The summed E-state index contributed by atoms with van der Waals surface area (Å²) in [4.78, 5) is 5.21. The minimum Gasteiger partial charge on any atom is -0.390 e. The van der Waals surface area contributed by atoms with Crippen molar-refractivity contribution in [1.82, 2.24) is 10.3 Å². The molecule has 0 aromatic carbocycles. The van der Waals surface area contributed by atoms with E-state index in [-0.39, 0.29) is 0 Å². The van der Waals surface area contributed by atoms with E-state index in [0.717, 1.165) is 19.5 Å². The molecule has 1 aromatic heterocycles. The molecule has 4 heteroatoms. The number of rotatable bonds is 5. The van der Waals surface area contributed by atoms with Crippen molar-refractivity contribution < 1.29 is 5.11 Å². The van der Waals surface area contributed by atoms with Crippen LogP contribution in [0, 0.1) is 0 Å². The van der Waals surface area contributed by atoms with Gasteiger partial charge in [-0.05, 0) is 26.8 Å². The summed E-state index contributed by atoms with van der Waals surface area (Å²) in [6.45, 7) is 5.32. The van der Waals surface area contributed by atoms with E-state index in [9.17, 15) is 5.11 Å². The minimum atomic E-state index is -0.569. The van der Waals surface area contributed by atoms with Crippen LogP contribution in [0.25, 0.3) is 0 Å². The number of nitrogens with zero attached hydrogens (tertiary/aromatic N) is 1. The normalized spacial score (nSPS) is 11.9. The highest BCUT2D eigenvalue weighted by Gasteiger charge is 2.10. The van der Waals surface area contributed by atoms with Crippen LogP contribution in [0.5, 0.6) is 0 Å². The second-order valence-electron chi connectivity index (χ2n) is 3.71. The lowest BCUT2D eigenvalue weighted by atomic mass is 10.1. The largest absolute Gasteiger partial charge is 0.390 e. The molecule has 3 nitrogen and oxygen atoms in total. The monoisotopic (exact) mass is 200 g/mol. The topological polar surface area (TPSA) is 45.1 Å². The predicted molar refractivity (Wildman–Crippen MR) is 54.7 cm³/mol. The third-order valence-corrected chi connectivity index (χ3v) is 2.48. The molecule has 0 spiro atoms. The Morgan fingerprint density at radius 2 is 2.38 bits per heavy atom. The maximum absolute atomic E-state index is 9.43. The van der Waals surface area contributed by atoms with Crippen molar-refractivity contribution in [3.8, 4) is 0 Å². The zero-order chi connectivity index (χ0) is 9.73. The van der Waals surface area contributed by atoms with Gasteiger partial charge in [-0.1, -0.05) is 0 Å². The van der Waals surface area contributed by atoms with Gasteiger partial charge < -0.3 is 10.4 Å². The highest BCUT2D eigenvalue weighted by Crippen LogP contribution is 2.07. The van der Waals surface area contributed by atoms with Gasteiger partial charge in [-0.25, -0.2) is 0 Å². The first-order chi connectivity index (χ1) is 6.08. The first kappa shape index (κ1) is 10.6. The second kappa shape index (κ2) is 4.69. The Morgan fingerprint density at radius 3 is 2.92 bits per heavy atom. The fourth-order valence-corrected chi connectivity index (χ4v) is 1.50. The third-order valence-electron chi connectivity index (χ3n) is 1.70. The van der Waals surface area contributed by atoms with Crippen molar-refractivity contribution in [3.63, 3.8) is 0 Å². The molecular weight excluding hydrogens is 184 g/mol. The Hall–Kier alpha value is -0.450. The van der Waals surface area contributed by atoms with E-state index < -0.39 is 5.60 Å². The summed E-state index contributed by atoms with van der Waals surface area (Å²) in [6.07, 6.45) is 2.63. The summed E-state index contributed by atoms with van der Waals surface area (Å²) in [5, 5.41) is 12.7. The fourth-order valence-electron chi connectivity index (χ4n) is 0.935. The van der Waals surface area contributed by atoms with Gasteiger partial charge in [-0.15, -0.1) is 11.3 Å². The van der Waals surface area contributed by atoms with Crippen molar-refractivity contribution in [3.05, 3.63) is 16.6 Å². The average Bonchev–Trinajstić information content (AvgIpc) is 2.48. The van der Waals surface area contributed by atoms with E-state index in [4.69, 9.17) is 0 Å². The van der Waals surface area contributed by atoms with E-state index >= 15 is 0 Å². The van der Waals surface area contributed by atoms with Crippen molar-refractivity contribution in [2.75, 3.05) is 6.54 Å². The summed E-state index contributed by atoms with van der Waals surface area (Å²) in [5.41, 5.74) is 1.26. The molecular formula is C9H16N2OS. The molecule has 0 fully saturated rings. The molecule has 0 amide bonds. The van der Waals surface area contributed by atoms with E-state index in [1.165, 1.54) is 4.88 Å². The third kappa shape index (κ3) is 4.98. The van der Waals surface area contributed by atoms with Crippen LogP contribution < -0.4 is 5.32 Å². The lowest BCUT2D eigenvalue weighted by Gasteiger charge is -2.16. The maximum atomic E-state index is 9.43. The van der Waals surface area contributed by atoms with E-state index in [2.05, 4.69) is 10.3 Å². The van der Waals surface area contributed by atoms with Crippen LogP contribution in [0.3, 0.4) is 0 Å². The van der Waals surface area contributed by atoms with Crippen LogP contribution >= 0.6 is 11.3 Å². The Balaban J connectivity index is 2.09. The highest BCUT2D eigenvalue weighted by molar-refractivity contribution is 7.09. The van der Waals surface area contributed by atoms with Crippen LogP contribution in [0.1, 0.15) is 25.1 Å². The summed E-state index contributed by atoms with van der Waals surface area (Å²) < 4.78 is 0. The molecule has 0 bridgehead atoms. The first-order valence-corrected chi connectivity index (χ1v) is 5.26. The number of nitrogens with one attached hydrogen (secondary N) is 1. The molecule has 13 heavy (non-hydrogen) atoms. The highest BCUT2D eigenvalue weighted by atomic mass is 32.1. The van der Waals surface area contributed by atoms with E-state index in [0.29, 0.717) is 0 Å². The van der Waals surface area contributed by atoms with Gasteiger partial charge in [0.1, 0.15) is 0 Å². The van der Waals surface area contributed by atoms with E-state index in [1.54, 1.807) is 11.3 Å². The van der Waals surface area contributed by atoms with Crippen molar-refractivity contribution in [1.29, 1.82) is 0 Å². The number of aromatic nitrogens is 1. The van der Waals surface area contributed by atoms with Crippen LogP contribution in [0.4, 0.5) is 0 Å². The van der Waals surface area contributed by atoms with Gasteiger partial charge in [0.05, 0.1) is 11.1 Å². The van der Waals surface area contributed by atoms with Gasteiger partial charge >= 0.3 is 0 Å². The summed E-state index contributed by atoms with van der Waals surface area (Å²) in [7, 11) is 0. The molecule has 0 radical (unpaired) electrons. The van der Waals surface area contributed by atoms with Gasteiger partial charge in [0.2, 0.25) is 0 Å². The second-order valence-corrected chi connectivity index (χ2v) is 4.68. The number of hydrogen-bond donors (Lipinski definition) is 2. The molecule has 0 saturated heterocycles. The zero-order valence-electron chi connectivity index (χ0n) is 8.08. The molecule has 1 rings (SSSR count). The van der Waals surface area contributed by atoms with Crippen LogP contribution in [0.15, 0.2) is 11.7 Å². The van der Waals surface area contributed by atoms with Crippen LogP contribution in [-0.4, -0.2) is 22.2 Å². The summed E-state index contributed by atoms with van der Waals surface area (Å²) in [6, 6.07) is 0. The quantitative estimate of drug-likeness (QED) is 0.706. The molecule has 0 aliphatic rings. The molecule has 2 N–H and O–H groups in total. The number of thiazole rings is 1. The number of aliphatic hydroxyl groups is 1. The molecule has 0 aliphatic carbocycles. The minimum absolute atomic E-state index is 0.569. The van der Waals surface area contributed by atoms with Gasteiger partial charge in [0, 0.05) is 17.6 Å². The van der Waals surface area contributed by atoms with Crippen molar-refractivity contribution in [2.45, 2.75) is 32.4 Å². The zero-order valence-corrected chi connectivity index (χ0v) is 8.90. The fraction of sp³-hybridized carbons (Fsp3) is 0.667. The van der Waals surface area contributed by atoms with Crippen LogP contribution in [-0.2, 0) is 6.54 Å². The molecule has 0 aliphatic heterocycles. The van der Waals surface area contributed by atoms with Gasteiger partial charge in [0.15, 0.2) is 0 Å². The average molecular weight is 200 g/mol. The maximum Gasteiger partial charge on any atom is 0.0794 e. The standard InChI is InChI=1S/C9H16N2OS/c1-9(2,12)3-4-10-5-8-6-11-7-13-8/h6-7,10,12H,3-5H2,1-2H3. The first-order valence-electron chi connectivity index (χ1n) is 4.38. The number of hydrogen-bond acceptors (Lipinski definition) is 4. The Bertz CT molecular complexity index is 228. The molecule has 0 saturated carbocycles. The van der Waals surface area contributed by atoms with Gasteiger partial charge in [0.25, 0.3) is 0 Å². The summed E-state index contributed by atoms with van der Waals surface area (Å²) >= 11 is 1.64. The lowest BCUT2D eigenvalue weighted by molar-refractivity contribution is 0.0711. The molecule has 0 atom stereocenters. The SMILES string of the molecule is CC(C)(O)CCNCc1cncs1. The molecule has 0 unspecified atom stereocenters. The van der Waals surface area contributed by atoms with Gasteiger partial charge in [-0.2, -0.15) is 0 Å².